The van der Waals surface area contributed by atoms with Gasteiger partial charge in [0.05, 0.1) is 0 Å². The number of amides is 1. The van der Waals surface area contributed by atoms with E-state index in [1.807, 2.05) is 0 Å². The van der Waals surface area contributed by atoms with Crippen molar-refractivity contribution >= 4 is 28.6 Å². The van der Waals surface area contributed by atoms with Crippen LogP contribution in [0.25, 0.3) is 10.9 Å². The standard InChI is InChI=1S/C31H35N3OS/c1-23-6-5-7-25(18-23)21-34-28(19-27-8-3-4-9-30(27)34)22-33-16-14-26(15-17-33)31(35)32-20-24-10-12-29(36-2)13-11-24/h3-13,18-19,26H,14-17,20-22H2,1-2H3,(H,32,35). The lowest BCUT2D eigenvalue weighted by molar-refractivity contribution is -0.126. The fourth-order valence-electron chi connectivity index (χ4n) is 5.24. The molecule has 1 aliphatic heterocycles. The first-order chi connectivity index (χ1) is 17.6. The van der Waals surface area contributed by atoms with Gasteiger partial charge in [-0.25, -0.2) is 0 Å². The minimum Gasteiger partial charge on any atom is -0.352 e. The van der Waals surface area contributed by atoms with Gasteiger partial charge in [0.15, 0.2) is 0 Å². The molecule has 0 saturated carbocycles. The van der Waals surface area contributed by atoms with Crippen molar-refractivity contribution in [3.8, 4) is 0 Å². The predicted molar refractivity (Wildman–Crippen MR) is 150 cm³/mol. The molecule has 1 saturated heterocycles. The number of rotatable bonds is 8. The number of benzene rings is 3. The summed E-state index contributed by atoms with van der Waals surface area (Å²) in [6.07, 6.45) is 3.90. The second-order valence-electron chi connectivity index (χ2n) is 9.89. The normalized spacial score (nSPS) is 14.8. The van der Waals surface area contributed by atoms with Crippen LogP contribution in [0.2, 0.25) is 0 Å². The maximum Gasteiger partial charge on any atom is 0.223 e. The highest BCUT2D eigenvalue weighted by atomic mass is 32.2. The summed E-state index contributed by atoms with van der Waals surface area (Å²) in [6.45, 7) is 6.45. The van der Waals surface area contributed by atoms with Crippen molar-refractivity contribution in [3.05, 3.63) is 101 Å². The number of likely N-dealkylation sites (tertiary alicyclic amines) is 1. The molecule has 2 heterocycles. The van der Waals surface area contributed by atoms with E-state index in [1.165, 1.54) is 32.6 Å². The van der Waals surface area contributed by atoms with E-state index in [1.54, 1.807) is 11.8 Å². The number of aryl methyl sites for hydroxylation is 1. The first kappa shape index (κ1) is 24.7. The second-order valence-corrected chi connectivity index (χ2v) is 10.8. The zero-order valence-corrected chi connectivity index (χ0v) is 22.1. The molecule has 5 rings (SSSR count). The van der Waals surface area contributed by atoms with Gasteiger partial charge in [0, 0.05) is 41.7 Å². The highest BCUT2D eigenvalue weighted by Crippen LogP contribution is 2.25. The van der Waals surface area contributed by atoms with Crippen LogP contribution in [-0.2, 0) is 24.4 Å². The third kappa shape index (κ3) is 5.85. The van der Waals surface area contributed by atoms with E-state index in [-0.39, 0.29) is 11.8 Å². The topological polar surface area (TPSA) is 37.3 Å². The summed E-state index contributed by atoms with van der Waals surface area (Å²) in [5.41, 5.74) is 6.40. The van der Waals surface area contributed by atoms with Crippen LogP contribution in [0.4, 0.5) is 0 Å². The Kier molecular flexibility index (Phi) is 7.78. The van der Waals surface area contributed by atoms with Gasteiger partial charge in [0.2, 0.25) is 5.91 Å². The molecule has 1 fully saturated rings. The Hall–Kier alpha value is -3.02. The van der Waals surface area contributed by atoms with E-state index >= 15 is 0 Å². The number of fused-ring (bicyclic) bond motifs is 1. The zero-order chi connectivity index (χ0) is 24.9. The average molecular weight is 498 g/mol. The van der Waals surface area contributed by atoms with Gasteiger partial charge in [-0.1, -0.05) is 60.2 Å². The number of thioether (sulfide) groups is 1. The lowest BCUT2D eigenvalue weighted by Crippen LogP contribution is -2.40. The molecule has 0 bridgehead atoms. The SMILES string of the molecule is CSc1ccc(CNC(=O)C2CCN(Cc3cc4ccccc4n3Cc3cccc(C)c3)CC2)cc1. The first-order valence-corrected chi connectivity index (χ1v) is 14.1. The third-order valence-corrected chi connectivity index (χ3v) is 8.03. The predicted octanol–water partition coefficient (Wildman–Crippen LogP) is 6.25. The van der Waals surface area contributed by atoms with Crippen molar-refractivity contribution in [3.63, 3.8) is 0 Å². The summed E-state index contributed by atoms with van der Waals surface area (Å²) >= 11 is 1.73. The molecule has 3 aromatic carbocycles. The van der Waals surface area contributed by atoms with E-state index in [9.17, 15) is 4.79 Å². The largest absolute Gasteiger partial charge is 0.352 e. The van der Waals surface area contributed by atoms with Crippen LogP contribution < -0.4 is 5.32 Å². The van der Waals surface area contributed by atoms with Crippen LogP contribution >= 0.6 is 11.8 Å². The monoisotopic (exact) mass is 497 g/mol. The molecular formula is C31H35N3OS. The Morgan fingerprint density at radius 1 is 0.917 bits per heavy atom. The summed E-state index contributed by atoms with van der Waals surface area (Å²) < 4.78 is 2.46. The smallest absolute Gasteiger partial charge is 0.223 e. The summed E-state index contributed by atoms with van der Waals surface area (Å²) in [7, 11) is 0. The fourth-order valence-corrected chi connectivity index (χ4v) is 5.65. The number of piperidine rings is 1. The molecule has 4 nitrogen and oxygen atoms in total. The molecule has 1 amide bonds. The van der Waals surface area contributed by atoms with Gasteiger partial charge < -0.3 is 9.88 Å². The highest BCUT2D eigenvalue weighted by Gasteiger charge is 2.25. The number of para-hydroxylation sites is 1. The maximum atomic E-state index is 12.8. The minimum atomic E-state index is 0.102. The summed E-state index contributed by atoms with van der Waals surface area (Å²) in [5.74, 6) is 0.294. The van der Waals surface area contributed by atoms with Crippen molar-refractivity contribution in [2.45, 2.75) is 44.3 Å². The van der Waals surface area contributed by atoms with Crippen molar-refractivity contribution in [1.29, 1.82) is 0 Å². The lowest BCUT2D eigenvalue weighted by atomic mass is 9.95. The van der Waals surface area contributed by atoms with E-state index in [0.717, 1.165) is 44.6 Å². The number of nitrogens with zero attached hydrogens (tertiary/aromatic N) is 2. The van der Waals surface area contributed by atoms with Gasteiger partial charge in [-0.05, 0) is 79.9 Å². The van der Waals surface area contributed by atoms with E-state index < -0.39 is 0 Å². The quantitative estimate of drug-likeness (QED) is 0.293. The molecule has 0 atom stereocenters. The van der Waals surface area contributed by atoms with Crippen LogP contribution in [0.3, 0.4) is 0 Å². The Morgan fingerprint density at radius 3 is 2.44 bits per heavy atom. The van der Waals surface area contributed by atoms with Crippen LogP contribution in [-0.4, -0.2) is 34.7 Å². The molecule has 5 heteroatoms. The van der Waals surface area contributed by atoms with Gasteiger partial charge >= 0.3 is 0 Å². The second kappa shape index (κ2) is 11.4. The van der Waals surface area contributed by atoms with Crippen molar-refractivity contribution < 1.29 is 4.79 Å². The van der Waals surface area contributed by atoms with Gasteiger partial charge in [0.1, 0.15) is 0 Å². The first-order valence-electron chi connectivity index (χ1n) is 12.8. The molecule has 4 aromatic rings. The number of carbonyl (C=O) groups excluding carboxylic acids is 1. The molecule has 1 aliphatic rings. The number of aromatic nitrogens is 1. The minimum absolute atomic E-state index is 0.102. The molecule has 36 heavy (non-hydrogen) atoms. The van der Waals surface area contributed by atoms with Crippen LogP contribution in [0.1, 0.15) is 35.2 Å². The Labute approximate surface area is 218 Å². The van der Waals surface area contributed by atoms with E-state index in [2.05, 4.69) is 107 Å². The van der Waals surface area contributed by atoms with E-state index in [0.29, 0.717) is 6.54 Å². The van der Waals surface area contributed by atoms with Crippen molar-refractivity contribution in [2.75, 3.05) is 19.3 Å². The molecule has 0 spiro atoms. The third-order valence-electron chi connectivity index (χ3n) is 7.29. The fraction of sp³-hybridized carbons (Fsp3) is 0.323. The van der Waals surface area contributed by atoms with Gasteiger partial charge in [-0.15, -0.1) is 11.8 Å². The molecular weight excluding hydrogens is 462 g/mol. The molecule has 0 radical (unpaired) electrons. The van der Waals surface area contributed by atoms with Gasteiger partial charge in [0.25, 0.3) is 0 Å². The number of hydrogen-bond acceptors (Lipinski definition) is 3. The van der Waals surface area contributed by atoms with Crippen LogP contribution in [0, 0.1) is 12.8 Å². The van der Waals surface area contributed by atoms with Crippen molar-refractivity contribution in [2.24, 2.45) is 5.92 Å². The molecule has 1 N–H and O–H groups in total. The maximum absolute atomic E-state index is 12.8. The molecule has 0 aliphatic carbocycles. The summed E-state index contributed by atoms with van der Waals surface area (Å²) in [5, 5.41) is 4.45. The molecule has 0 unspecified atom stereocenters. The van der Waals surface area contributed by atoms with Gasteiger partial charge in [-0.3, -0.25) is 9.69 Å². The van der Waals surface area contributed by atoms with Crippen LogP contribution in [0.15, 0.2) is 83.8 Å². The lowest BCUT2D eigenvalue weighted by Gasteiger charge is -2.31. The molecule has 186 valence electrons. The highest BCUT2D eigenvalue weighted by molar-refractivity contribution is 7.98. The summed E-state index contributed by atoms with van der Waals surface area (Å²) in [6, 6.07) is 28.2. The Bertz CT molecular complexity index is 1320. The Morgan fingerprint density at radius 2 is 1.69 bits per heavy atom. The van der Waals surface area contributed by atoms with Crippen LogP contribution in [0.5, 0.6) is 0 Å². The molecule has 1 aromatic heterocycles. The average Bonchev–Trinajstić information content (AvgIpc) is 3.24. The number of carbonyl (C=O) groups is 1. The summed E-state index contributed by atoms with van der Waals surface area (Å²) in [4.78, 5) is 16.6. The number of nitrogens with one attached hydrogen (secondary N) is 1. The van der Waals surface area contributed by atoms with Gasteiger partial charge in [-0.2, -0.15) is 0 Å². The Balaban J connectivity index is 1.20. The van der Waals surface area contributed by atoms with E-state index in [4.69, 9.17) is 0 Å². The zero-order valence-electron chi connectivity index (χ0n) is 21.2. The number of hydrogen-bond donors (Lipinski definition) is 1. The van der Waals surface area contributed by atoms with Crippen molar-refractivity contribution in [1.82, 2.24) is 14.8 Å².